The Morgan fingerprint density at radius 1 is 1.05 bits per heavy atom. The first-order valence-electron chi connectivity index (χ1n) is 5.91. The molecule has 134 valence electrons. The first-order chi connectivity index (χ1) is 9.80. The molecule has 22 heavy (non-hydrogen) atoms. The minimum atomic E-state index is -5.49. The van der Waals surface area contributed by atoms with Gasteiger partial charge in [-0.05, 0) is 20.4 Å². The molecule has 4 unspecified atom stereocenters. The third-order valence-electron chi connectivity index (χ3n) is 2.10. The number of hydrogen-bond acceptors (Lipinski definition) is 8. The summed E-state index contributed by atoms with van der Waals surface area (Å²) in [5, 5.41) is 2.76. The molecule has 12 nitrogen and oxygen atoms in total. The molecular weight excluding hydrogens is 367 g/mol. The molecule has 0 aliphatic rings. The predicted molar refractivity (Wildman–Crippen MR) is 73.5 cm³/mol. The fourth-order valence-electron chi connectivity index (χ4n) is 1.09. The minimum Gasteiger partial charge on any atom is -0.358 e. The average Bonchev–Trinajstić information content (AvgIpc) is 2.29. The molecule has 0 aromatic carbocycles. The molecule has 0 amide bonds. The van der Waals surface area contributed by atoms with E-state index in [0.29, 0.717) is 6.42 Å². The lowest BCUT2D eigenvalue weighted by Crippen LogP contribution is -2.31. The standard InChI is InChI=1S/C7H20NO11P3/c1-4-7(17-6(2)8-3)5-16-21(12,13)19-22(14,15)18-20(9,10)11/h6-8H,4-5H2,1-3H3,(H,12,13)(H,14,15)(H2,9,10,11). The second-order valence-electron chi connectivity index (χ2n) is 3.98. The van der Waals surface area contributed by atoms with E-state index in [1.807, 2.05) is 0 Å². The molecule has 0 spiro atoms. The molecule has 0 aliphatic carbocycles. The van der Waals surface area contributed by atoms with Crippen molar-refractivity contribution in [3.8, 4) is 0 Å². The molecule has 0 aromatic heterocycles. The van der Waals surface area contributed by atoms with Gasteiger partial charge in [-0.15, -0.1) is 0 Å². The van der Waals surface area contributed by atoms with Crippen molar-refractivity contribution >= 4 is 23.5 Å². The number of phosphoric ester groups is 1. The lowest BCUT2D eigenvalue weighted by atomic mass is 10.3. The molecule has 0 heterocycles. The molecule has 0 aromatic rings. The van der Waals surface area contributed by atoms with Crippen LogP contribution < -0.4 is 5.32 Å². The highest BCUT2D eigenvalue weighted by atomic mass is 31.3. The van der Waals surface area contributed by atoms with Gasteiger partial charge in [0.15, 0.2) is 0 Å². The Labute approximate surface area is 127 Å². The van der Waals surface area contributed by atoms with Crippen molar-refractivity contribution in [2.75, 3.05) is 13.7 Å². The van der Waals surface area contributed by atoms with Gasteiger partial charge in [-0.3, -0.25) is 9.84 Å². The van der Waals surface area contributed by atoms with Crippen LogP contribution >= 0.6 is 23.5 Å². The molecular formula is C7H20NO11P3. The highest BCUT2D eigenvalue weighted by molar-refractivity contribution is 7.66. The van der Waals surface area contributed by atoms with E-state index in [0.717, 1.165) is 0 Å². The van der Waals surface area contributed by atoms with Crippen LogP contribution in [0.2, 0.25) is 0 Å². The zero-order valence-corrected chi connectivity index (χ0v) is 14.7. The Morgan fingerprint density at radius 2 is 1.59 bits per heavy atom. The molecule has 0 radical (unpaired) electrons. The maximum atomic E-state index is 11.5. The van der Waals surface area contributed by atoms with Crippen LogP contribution in [0.25, 0.3) is 0 Å². The summed E-state index contributed by atoms with van der Waals surface area (Å²) >= 11 is 0. The van der Waals surface area contributed by atoms with Gasteiger partial charge in [-0.25, -0.2) is 13.7 Å². The quantitative estimate of drug-likeness (QED) is 0.247. The van der Waals surface area contributed by atoms with Crippen molar-refractivity contribution in [3.63, 3.8) is 0 Å². The summed E-state index contributed by atoms with van der Waals surface area (Å²) in [7, 11) is -14.4. The van der Waals surface area contributed by atoms with Crippen molar-refractivity contribution in [1.82, 2.24) is 5.32 Å². The van der Waals surface area contributed by atoms with Crippen molar-refractivity contribution in [2.24, 2.45) is 0 Å². The number of rotatable bonds is 11. The lowest BCUT2D eigenvalue weighted by molar-refractivity contribution is -0.0425. The van der Waals surface area contributed by atoms with E-state index in [2.05, 4.69) is 18.5 Å². The van der Waals surface area contributed by atoms with Crippen LogP contribution in [-0.2, 0) is 31.6 Å². The largest absolute Gasteiger partial charge is 0.490 e. The van der Waals surface area contributed by atoms with E-state index in [1.165, 1.54) is 0 Å². The number of phosphoric acid groups is 3. The van der Waals surface area contributed by atoms with E-state index in [9.17, 15) is 18.6 Å². The van der Waals surface area contributed by atoms with Gasteiger partial charge in [0, 0.05) is 0 Å². The van der Waals surface area contributed by atoms with Crippen molar-refractivity contribution in [3.05, 3.63) is 0 Å². The predicted octanol–water partition coefficient (Wildman–Crippen LogP) is 0.690. The van der Waals surface area contributed by atoms with E-state index in [-0.39, 0.29) is 6.23 Å². The summed E-state index contributed by atoms with van der Waals surface area (Å²) in [5.74, 6) is 0. The summed E-state index contributed by atoms with van der Waals surface area (Å²) in [5.41, 5.74) is 0. The first kappa shape index (κ1) is 22.3. The van der Waals surface area contributed by atoms with Crippen LogP contribution in [0, 0.1) is 0 Å². The fraction of sp³-hybridized carbons (Fsp3) is 1.00. The summed E-state index contributed by atoms with van der Waals surface area (Å²) in [6, 6.07) is 0. The smallest absolute Gasteiger partial charge is 0.358 e. The number of ether oxygens (including phenoxy) is 1. The third-order valence-corrected chi connectivity index (χ3v) is 5.90. The molecule has 0 fully saturated rings. The van der Waals surface area contributed by atoms with Crippen LogP contribution in [0.1, 0.15) is 20.3 Å². The van der Waals surface area contributed by atoms with Gasteiger partial charge >= 0.3 is 23.5 Å². The zero-order chi connectivity index (χ0) is 17.6. The average molecular weight is 387 g/mol. The third kappa shape index (κ3) is 11.0. The first-order valence-corrected chi connectivity index (χ1v) is 10.4. The monoisotopic (exact) mass is 387 g/mol. The molecule has 0 saturated carbocycles. The highest BCUT2D eigenvalue weighted by Gasteiger charge is 2.40. The fourth-order valence-corrected chi connectivity index (χ4v) is 4.14. The van der Waals surface area contributed by atoms with Gasteiger partial charge < -0.3 is 24.3 Å². The second-order valence-corrected chi connectivity index (χ2v) is 8.40. The minimum absolute atomic E-state index is 0.380. The number of hydrogen-bond donors (Lipinski definition) is 5. The summed E-state index contributed by atoms with van der Waals surface area (Å²) in [4.78, 5) is 35.0. The van der Waals surface area contributed by atoms with E-state index in [4.69, 9.17) is 19.4 Å². The van der Waals surface area contributed by atoms with Gasteiger partial charge in [0.1, 0.15) is 6.23 Å². The molecule has 4 atom stereocenters. The molecule has 0 bridgehead atoms. The van der Waals surface area contributed by atoms with Crippen LogP contribution in [0.3, 0.4) is 0 Å². The van der Waals surface area contributed by atoms with Crippen molar-refractivity contribution < 1.29 is 51.2 Å². The van der Waals surface area contributed by atoms with Gasteiger partial charge in [0.2, 0.25) is 0 Å². The van der Waals surface area contributed by atoms with E-state index >= 15 is 0 Å². The van der Waals surface area contributed by atoms with Crippen molar-refractivity contribution in [2.45, 2.75) is 32.6 Å². The lowest BCUT2D eigenvalue weighted by Gasteiger charge is -2.22. The number of nitrogens with one attached hydrogen (secondary N) is 1. The molecule has 5 N–H and O–H groups in total. The topological polar surface area (TPSA) is 181 Å². The van der Waals surface area contributed by atoms with Crippen LogP contribution in [0.4, 0.5) is 0 Å². The molecule has 0 aliphatic heterocycles. The zero-order valence-electron chi connectivity index (χ0n) is 12.1. The summed E-state index contributed by atoms with van der Waals surface area (Å²) in [6.07, 6.45) is -0.622. The Balaban J connectivity index is 4.60. The molecule has 0 saturated heterocycles. The Bertz CT molecular complexity index is 478. The van der Waals surface area contributed by atoms with Crippen LogP contribution in [0.5, 0.6) is 0 Å². The van der Waals surface area contributed by atoms with Gasteiger partial charge in [-0.2, -0.15) is 8.62 Å². The maximum absolute atomic E-state index is 11.5. The van der Waals surface area contributed by atoms with Gasteiger partial charge in [-0.1, -0.05) is 6.92 Å². The Kier molecular flexibility index (Phi) is 9.12. The molecule has 0 rings (SSSR count). The summed E-state index contributed by atoms with van der Waals surface area (Å²) in [6.45, 7) is 2.91. The van der Waals surface area contributed by atoms with Crippen LogP contribution in [0.15, 0.2) is 0 Å². The van der Waals surface area contributed by atoms with Gasteiger partial charge in [0.25, 0.3) is 0 Å². The summed E-state index contributed by atoms with van der Waals surface area (Å²) < 4.78 is 49.9. The highest BCUT2D eigenvalue weighted by Crippen LogP contribution is 2.66. The maximum Gasteiger partial charge on any atom is 0.490 e. The van der Waals surface area contributed by atoms with E-state index < -0.39 is 36.2 Å². The molecule has 15 heteroatoms. The SMILES string of the molecule is CCC(COP(=O)(O)OP(=O)(O)OP(=O)(O)O)OC(C)NC. The normalized spacial score (nSPS) is 20.9. The second kappa shape index (κ2) is 8.98. The Morgan fingerprint density at radius 3 is 2.00 bits per heavy atom. The van der Waals surface area contributed by atoms with Gasteiger partial charge in [0.05, 0.1) is 12.7 Å². The van der Waals surface area contributed by atoms with Crippen molar-refractivity contribution in [1.29, 1.82) is 0 Å². The Hall–Kier alpha value is 0.330. The van der Waals surface area contributed by atoms with Crippen LogP contribution in [-0.4, -0.2) is 45.6 Å². The van der Waals surface area contributed by atoms with E-state index in [1.54, 1.807) is 20.9 Å².